The Kier molecular flexibility index (Phi) is 4.86. The molecule has 0 bridgehead atoms. The molecule has 2 aromatic carbocycles. The second-order valence-electron chi connectivity index (χ2n) is 4.20. The molecule has 0 aromatic heterocycles. The fourth-order valence-corrected chi connectivity index (χ4v) is 3.29. The maximum atomic E-state index is 12.4. The van der Waals surface area contributed by atoms with Crippen LogP contribution in [0, 0.1) is 13.7 Å². The molecule has 2 rings (SSSR count). The van der Waals surface area contributed by atoms with Gasteiger partial charge in [0.2, 0.25) is 0 Å². The number of methoxy groups -OCH3 is 1. The van der Waals surface area contributed by atoms with Crippen molar-refractivity contribution in [3.05, 3.63) is 56.1 Å². The lowest BCUT2D eigenvalue weighted by molar-refractivity contribution is -0.387. The number of anilines is 1. The van der Waals surface area contributed by atoms with Gasteiger partial charge in [0, 0.05) is 9.26 Å². The highest BCUT2D eigenvalue weighted by Crippen LogP contribution is 2.29. The maximum absolute atomic E-state index is 12.4. The van der Waals surface area contributed by atoms with Crippen molar-refractivity contribution in [2.45, 2.75) is 4.90 Å². The summed E-state index contributed by atoms with van der Waals surface area (Å²) in [6.07, 6.45) is 0. The van der Waals surface area contributed by atoms with Gasteiger partial charge in [-0.1, -0.05) is 0 Å². The van der Waals surface area contributed by atoms with Crippen molar-refractivity contribution >= 4 is 44.0 Å². The highest BCUT2D eigenvalue weighted by molar-refractivity contribution is 14.1. The van der Waals surface area contributed by atoms with Crippen molar-refractivity contribution in [2.75, 3.05) is 11.8 Å². The van der Waals surface area contributed by atoms with E-state index in [0.717, 1.165) is 15.7 Å². The minimum absolute atomic E-state index is 0.208. The number of benzene rings is 2. The smallest absolute Gasteiger partial charge is 0.293 e. The van der Waals surface area contributed by atoms with Gasteiger partial charge < -0.3 is 4.74 Å². The number of hydrogen-bond donors (Lipinski definition) is 1. The van der Waals surface area contributed by atoms with Gasteiger partial charge in [-0.05, 0) is 59.0 Å². The van der Waals surface area contributed by atoms with Crippen molar-refractivity contribution in [3.8, 4) is 5.75 Å². The molecule has 0 radical (unpaired) electrons. The highest BCUT2D eigenvalue weighted by Gasteiger charge is 2.26. The van der Waals surface area contributed by atoms with Gasteiger partial charge in [0.15, 0.2) is 4.90 Å². The zero-order valence-electron chi connectivity index (χ0n) is 11.3. The van der Waals surface area contributed by atoms with Crippen molar-refractivity contribution in [1.82, 2.24) is 0 Å². The Morgan fingerprint density at radius 3 is 2.36 bits per heavy atom. The van der Waals surface area contributed by atoms with Gasteiger partial charge in [-0.25, -0.2) is 8.42 Å². The van der Waals surface area contributed by atoms with E-state index in [1.165, 1.54) is 13.2 Å². The molecular weight excluding hydrogens is 423 g/mol. The normalized spacial score (nSPS) is 11.0. The van der Waals surface area contributed by atoms with Crippen LogP contribution < -0.4 is 9.46 Å². The van der Waals surface area contributed by atoms with E-state index in [9.17, 15) is 18.5 Å². The highest BCUT2D eigenvalue weighted by atomic mass is 127. The van der Waals surface area contributed by atoms with Gasteiger partial charge >= 0.3 is 0 Å². The fourth-order valence-electron chi connectivity index (χ4n) is 1.72. The predicted molar refractivity (Wildman–Crippen MR) is 89.6 cm³/mol. The first-order valence-electron chi connectivity index (χ1n) is 5.94. The number of halogens is 1. The molecule has 116 valence electrons. The maximum Gasteiger partial charge on any atom is 0.293 e. The number of nitro groups is 1. The number of nitrogens with one attached hydrogen (secondary N) is 1. The lowest BCUT2D eigenvalue weighted by Crippen LogP contribution is -2.14. The summed E-state index contributed by atoms with van der Waals surface area (Å²) in [5.41, 5.74) is -0.220. The lowest BCUT2D eigenvalue weighted by Gasteiger charge is -2.09. The molecule has 2 aromatic rings. The molecule has 9 heteroatoms. The van der Waals surface area contributed by atoms with Crippen LogP contribution >= 0.6 is 22.6 Å². The zero-order valence-corrected chi connectivity index (χ0v) is 14.3. The van der Waals surface area contributed by atoms with E-state index in [1.54, 1.807) is 24.3 Å². The Morgan fingerprint density at radius 1 is 1.18 bits per heavy atom. The summed E-state index contributed by atoms with van der Waals surface area (Å²) in [6, 6.07) is 10.2. The summed E-state index contributed by atoms with van der Waals surface area (Å²) in [6.45, 7) is 0. The van der Waals surface area contributed by atoms with Gasteiger partial charge in [-0.15, -0.1) is 0 Å². The summed E-state index contributed by atoms with van der Waals surface area (Å²) in [5.74, 6) is 0.208. The first kappa shape index (κ1) is 16.5. The van der Waals surface area contributed by atoms with Gasteiger partial charge in [-0.2, -0.15) is 0 Å². The second kappa shape index (κ2) is 6.48. The zero-order chi connectivity index (χ0) is 16.3. The van der Waals surface area contributed by atoms with Crippen LogP contribution in [0.2, 0.25) is 0 Å². The average Bonchev–Trinajstić information content (AvgIpc) is 2.48. The molecule has 0 unspecified atom stereocenters. The second-order valence-corrected chi connectivity index (χ2v) is 7.10. The summed E-state index contributed by atoms with van der Waals surface area (Å²) in [4.78, 5) is 9.91. The Labute approximate surface area is 140 Å². The average molecular weight is 434 g/mol. The van der Waals surface area contributed by atoms with Crippen molar-refractivity contribution in [3.63, 3.8) is 0 Å². The number of sulfonamides is 1. The van der Waals surface area contributed by atoms with Crippen LogP contribution in [0.4, 0.5) is 11.4 Å². The predicted octanol–water partition coefficient (Wildman–Crippen LogP) is 3.01. The summed E-state index contributed by atoms with van der Waals surface area (Å²) < 4.78 is 32.8. The van der Waals surface area contributed by atoms with E-state index >= 15 is 0 Å². The molecular formula is C13H11IN2O5S. The van der Waals surface area contributed by atoms with Crippen LogP contribution in [0.5, 0.6) is 5.75 Å². The molecule has 22 heavy (non-hydrogen) atoms. The molecule has 0 amide bonds. The third-order valence-electron chi connectivity index (χ3n) is 2.75. The minimum Gasteiger partial charge on any atom is -0.497 e. The number of nitro benzene ring substituents is 1. The van der Waals surface area contributed by atoms with E-state index in [1.807, 2.05) is 0 Å². The third kappa shape index (κ3) is 3.65. The summed E-state index contributed by atoms with van der Waals surface area (Å²) >= 11 is 2.09. The van der Waals surface area contributed by atoms with Crippen molar-refractivity contribution in [1.29, 1.82) is 0 Å². The quantitative estimate of drug-likeness (QED) is 0.443. The molecule has 0 fully saturated rings. The molecule has 0 saturated heterocycles. The molecule has 1 N–H and O–H groups in total. The van der Waals surface area contributed by atoms with Crippen LogP contribution in [0.3, 0.4) is 0 Å². The first-order valence-corrected chi connectivity index (χ1v) is 8.50. The SMILES string of the molecule is COc1ccc(S(=O)(=O)Nc2ccc(I)cc2)c([N+](=O)[O-])c1. The van der Waals surface area contributed by atoms with Crippen molar-refractivity contribution in [2.24, 2.45) is 0 Å². The molecule has 0 atom stereocenters. The molecule has 0 heterocycles. The fraction of sp³-hybridized carbons (Fsp3) is 0.0769. The number of nitrogens with zero attached hydrogens (tertiary/aromatic N) is 1. The Hall–Kier alpha value is -1.88. The van der Waals surface area contributed by atoms with Gasteiger partial charge in [0.1, 0.15) is 5.75 Å². The van der Waals surface area contributed by atoms with Crippen LogP contribution in [-0.2, 0) is 10.0 Å². The number of ether oxygens (including phenoxy) is 1. The van der Waals surface area contributed by atoms with E-state index in [2.05, 4.69) is 27.3 Å². The lowest BCUT2D eigenvalue weighted by atomic mass is 10.3. The first-order chi connectivity index (χ1) is 10.3. The van der Waals surface area contributed by atoms with E-state index < -0.39 is 25.5 Å². The standard InChI is InChI=1S/C13H11IN2O5S/c1-21-11-6-7-13(12(8-11)16(17)18)22(19,20)15-10-4-2-9(14)3-5-10/h2-8,15H,1H3. The Morgan fingerprint density at radius 2 is 1.82 bits per heavy atom. The van der Waals surface area contributed by atoms with Crippen LogP contribution in [0.25, 0.3) is 0 Å². The van der Waals surface area contributed by atoms with E-state index in [0.29, 0.717) is 5.69 Å². The van der Waals surface area contributed by atoms with Crippen LogP contribution in [0.15, 0.2) is 47.4 Å². The van der Waals surface area contributed by atoms with Crippen LogP contribution in [0.1, 0.15) is 0 Å². The Balaban J connectivity index is 2.44. The van der Waals surface area contributed by atoms with Crippen molar-refractivity contribution < 1.29 is 18.1 Å². The molecule has 0 aliphatic rings. The third-order valence-corrected chi connectivity index (χ3v) is 4.90. The molecule has 0 aliphatic heterocycles. The molecule has 0 aliphatic carbocycles. The monoisotopic (exact) mass is 434 g/mol. The molecule has 0 spiro atoms. The summed E-state index contributed by atoms with van der Waals surface area (Å²) in [5, 5.41) is 11.1. The van der Waals surface area contributed by atoms with E-state index in [4.69, 9.17) is 4.74 Å². The molecule has 7 nitrogen and oxygen atoms in total. The number of rotatable bonds is 5. The number of hydrogen-bond acceptors (Lipinski definition) is 5. The Bertz CT molecular complexity index is 806. The molecule has 0 saturated carbocycles. The minimum atomic E-state index is -4.08. The summed E-state index contributed by atoms with van der Waals surface area (Å²) in [7, 11) is -2.73. The van der Waals surface area contributed by atoms with Gasteiger partial charge in [0.25, 0.3) is 15.7 Å². The topological polar surface area (TPSA) is 98.5 Å². The van der Waals surface area contributed by atoms with E-state index in [-0.39, 0.29) is 5.75 Å². The van der Waals surface area contributed by atoms with Crippen LogP contribution in [-0.4, -0.2) is 20.5 Å². The van der Waals surface area contributed by atoms with Gasteiger partial charge in [-0.3, -0.25) is 14.8 Å². The van der Waals surface area contributed by atoms with Gasteiger partial charge in [0.05, 0.1) is 18.1 Å². The largest absolute Gasteiger partial charge is 0.497 e.